The first-order chi connectivity index (χ1) is 7.44. The summed E-state index contributed by atoms with van der Waals surface area (Å²) >= 11 is 0. The highest BCUT2D eigenvalue weighted by molar-refractivity contribution is 5.34. The predicted molar refractivity (Wildman–Crippen MR) is 62.3 cm³/mol. The van der Waals surface area contributed by atoms with Crippen LogP contribution in [0.3, 0.4) is 0 Å². The van der Waals surface area contributed by atoms with Crippen molar-refractivity contribution < 1.29 is 4.39 Å². The van der Waals surface area contributed by atoms with Crippen molar-refractivity contribution in [2.75, 3.05) is 6.54 Å². The molecule has 2 nitrogen and oxygen atoms in total. The molecule has 86 valence electrons. The van der Waals surface area contributed by atoms with Gasteiger partial charge < -0.3 is 5.32 Å². The van der Waals surface area contributed by atoms with E-state index in [1.807, 2.05) is 6.07 Å². The molecule has 0 heterocycles. The molecule has 0 atom stereocenters. The van der Waals surface area contributed by atoms with Crippen LogP contribution in [0.15, 0.2) is 18.2 Å². The molecule has 0 unspecified atom stereocenters. The second-order valence-electron chi connectivity index (χ2n) is 5.05. The van der Waals surface area contributed by atoms with Crippen LogP contribution < -0.4 is 5.32 Å². The van der Waals surface area contributed by atoms with Gasteiger partial charge in [0.15, 0.2) is 0 Å². The third-order valence-electron chi connectivity index (χ3n) is 2.17. The molecule has 0 amide bonds. The molecular weight excluding hydrogens is 203 g/mol. The van der Waals surface area contributed by atoms with E-state index in [0.29, 0.717) is 12.1 Å². The van der Waals surface area contributed by atoms with E-state index in [9.17, 15) is 4.39 Å². The summed E-state index contributed by atoms with van der Waals surface area (Å²) in [6.45, 7) is 7.61. The maximum atomic E-state index is 13.6. The van der Waals surface area contributed by atoms with Crippen molar-refractivity contribution in [3.63, 3.8) is 0 Å². The fraction of sp³-hybridized carbons (Fsp3) is 0.462. The van der Waals surface area contributed by atoms with Gasteiger partial charge in [0, 0.05) is 18.7 Å². The zero-order chi connectivity index (χ0) is 12.2. The van der Waals surface area contributed by atoms with Crippen molar-refractivity contribution in [2.24, 2.45) is 5.41 Å². The van der Waals surface area contributed by atoms with E-state index in [0.717, 1.165) is 6.54 Å². The number of nitriles is 1. The van der Waals surface area contributed by atoms with Gasteiger partial charge in [-0.2, -0.15) is 5.26 Å². The summed E-state index contributed by atoms with van der Waals surface area (Å²) in [4.78, 5) is 0. The molecule has 3 heteroatoms. The Hall–Kier alpha value is -1.40. The average molecular weight is 220 g/mol. The third-order valence-corrected chi connectivity index (χ3v) is 2.17. The lowest BCUT2D eigenvalue weighted by atomic mass is 9.97. The van der Waals surface area contributed by atoms with E-state index in [2.05, 4.69) is 26.1 Å². The van der Waals surface area contributed by atoms with Gasteiger partial charge in [-0.15, -0.1) is 0 Å². The maximum Gasteiger partial charge on any atom is 0.145 e. The lowest BCUT2D eigenvalue weighted by Gasteiger charge is -2.18. The van der Waals surface area contributed by atoms with Gasteiger partial charge in [-0.1, -0.05) is 32.9 Å². The molecule has 0 aromatic heterocycles. The molecule has 0 spiro atoms. The second-order valence-corrected chi connectivity index (χ2v) is 5.05. The fourth-order valence-electron chi connectivity index (χ4n) is 1.37. The molecule has 0 radical (unpaired) electrons. The number of benzene rings is 1. The molecule has 0 aliphatic heterocycles. The minimum Gasteiger partial charge on any atom is -0.312 e. The standard InChI is InChI=1S/C13H17FN2/c1-13(2,3)9-16-8-11-6-4-5-10(7-15)12(11)14/h4-6,16H,8-9H2,1-3H3. The van der Waals surface area contributed by atoms with E-state index in [1.54, 1.807) is 12.1 Å². The molecule has 0 saturated carbocycles. The number of nitrogens with zero attached hydrogens (tertiary/aromatic N) is 1. The summed E-state index contributed by atoms with van der Waals surface area (Å²) in [5, 5.41) is 11.9. The molecule has 0 saturated heterocycles. The fourth-order valence-corrected chi connectivity index (χ4v) is 1.37. The molecule has 0 bridgehead atoms. The van der Waals surface area contributed by atoms with E-state index in [1.165, 1.54) is 6.07 Å². The number of hydrogen-bond acceptors (Lipinski definition) is 2. The van der Waals surface area contributed by atoms with Gasteiger partial charge in [0.05, 0.1) is 5.56 Å². The highest BCUT2D eigenvalue weighted by atomic mass is 19.1. The normalized spacial score (nSPS) is 11.2. The molecule has 0 fully saturated rings. The van der Waals surface area contributed by atoms with E-state index < -0.39 is 5.82 Å². The predicted octanol–water partition coefficient (Wildman–Crippen LogP) is 2.83. The Balaban J connectivity index is 2.65. The Labute approximate surface area is 96.1 Å². The molecule has 0 aliphatic carbocycles. The Morgan fingerprint density at radius 1 is 1.38 bits per heavy atom. The maximum absolute atomic E-state index is 13.6. The number of halogens is 1. The lowest BCUT2D eigenvalue weighted by Crippen LogP contribution is -2.26. The van der Waals surface area contributed by atoms with E-state index in [-0.39, 0.29) is 11.0 Å². The zero-order valence-electron chi connectivity index (χ0n) is 9.97. The van der Waals surface area contributed by atoms with Gasteiger partial charge in [0.2, 0.25) is 0 Å². The average Bonchev–Trinajstić information content (AvgIpc) is 2.19. The number of hydrogen-bond donors (Lipinski definition) is 1. The van der Waals surface area contributed by atoms with Gasteiger partial charge in [-0.05, 0) is 11.5 Å². The van der Waals surface area contributed by atoms with Crippen molar-refractivity contribution in [2.45, 2.75) is 27.3 Å². The summed E-state index contributed by atoms with van der Waals surface area (Å²) < 4.78 is 13.6. The van der Waals surface area contributed by atoms with Crippen LogP contribution in [-0.4, -0.2) is 6.54 Å². The van der Waals surface area contributed by atoms with Crippen LogP contribution in [0.5, 0.6) is 0 Å². The summed E-state index contributed by atoms with van der Waals surface area (Å²) in [7, 11) is 0. The van der Waals surface area contributed by atoms with Gasteiger partial charge in [-0.25, -0.2) is 4.39 Å². The third kappa shape index (κ3) is 3.63. The molecule has 1 rings (SSSR count). The molecule has 1 N–H and O–H groups in total. The van der Waals surface area contributed by atoms with Crippen LogP contribution in [0.1, 0.15) is 31.9 Å². The van der Waals surface area contributed by atoms with Crippen LogP contribution in [0.25, 0.3) is 0 Å². The smallest absolute Gasteiger partial charge is 0.145 e. The Bertz CT molecular complexity index is 399. The van der Waals surface area contributed by atoms with Crippen LogP contribution in [-0.2, 0) is 6.54 Å². The van der Waals surface area contributed by atoms with Crippen molar-refractivity contribution in [1.82, 2.24) is 5.32 Å². The molecule has 16 heavy (non-hydrogen) atoms. The first-order valence-electron chi connectivity index (χ1n) is 5.32. The Morgan fingerprint density at radius 2 is 2.06 bits per heavy atom. The van der Waals surface area contributed by atoms with Crippen LogP contribution >= 0.6 is 0 Å². The Kier molecular flexibility index (Phi) is 4.03. The van der Waals surface area contributed by atoms with Crippen LogP contribution in [0.2, 0.25) is 0 Å². The first kappa shape index (κ1) is 12.7. The quantitative estimate of drug-likeness (QED) is 0.850. The molecule has 1 aromatic rings. The molecular formula is C13H17FN2. The molecule has 0 aliphatic rings. The van der Waals surface area contributed by atoms with Crippen molar-refractivity contribution >= 4 is 0 Å². The summed E-state index contributed by atoms with van der Waals surface area (Å²) in [5.41, 5.74) is 0.821. The van der Waals surface area contributed by atoms with Gasteiger partial charge in [0.25, 0.3) is 0 Å². The SMILES string of the molecule is CC(C)(C)CNCc1cccc(C#N)c1F. The zero-order valence-corrected chi connectivity index (χ0v) is 9.97. The lowest BCUT2D eigenvalue weighted by molar-refractivity contribution is 0.377. The van der Waals surface area contributed by atoms with E-state index in [4.69, 9.17) is 5.26 Å². The summed E-state index contributed by atoms with van der Waals surface area (Å²) in [5.74, 6) is -0.411. The molecule has 1 aromatic carbocycles. The number of nitrogens with one attached hydrogen (secondary N) is 1. The number of rotatable bonds is 3. The van der Waals surface area contributed by atoms with Crippen LogP contribution in [0.4, 0.5) is 4.39 Å². The van der Waals surface area contributed by atoms with Gasteiger partial charge in [-0.3, -0.25) is 0 Å². The summed E-state index contributed by atoms with van der Waals surface area (Å²) in [6, 6.07) is 6.73. The minimum absolute atomic E-state index is 0.107. The van der Waals surface area contributed by atoms with E-state index >= 15 is 0 Å². The first-order valence-corrected chi connectivity index (χ1v) is 5.32. The summed E-state index contributed by atoms with van der Waals surface area (Å²) in [6.07, 6.45) is 0. The van der Waals surface area contributed by atoms with Gasteiger partial charge in [0.1, 0.15) is 11.9 Å². The van der Waals surface area contributed by atoms with Gasteiger partial charge >= 0.3 is 0 Å². The monoisotopic (exact) mass is 220 g/mol. The van der Waals surface area contributed by atoms with Crippen molar-refractivity contribution in [1.29, 1.82) is 5.26 Å². The highest BCUT2D eigenvalue weighted by Gasteiger charge is 2.11. The second kappa shape index (κ2) is 5.09. The van der Waals surface area contributed by atoms with Crippen molar-refractivity contribution in [3.8, 4) is 6.07 Å². The Morgan fingerprint density at radius 3 is 2.62 bits per heavy atom. The van der Waals surface area contributed by atoms with Crippen LogP contribution in [0, 0.1) is 22.6 Å². The largest absolute Gasteiger partial charge is 0.312 e. The topological polar surface area (TPSA) is 35.8 Å². The highest BCUT2D eigenvalue weighted by Crippen LogP contribution is 2.14. The minimum atomic E-state index is -0.411. The van der Waals surface area contributed by atoms with Crippen molar-refractivity contribution in [3.05, 3.63) is 35.1 Å².